The molecule has 0 atom stereocenters. The molecule has 0 spiro atoms. The lowest BCUT2D eigenvalue weighted by Gasteiger charge is -2.29. The van der Waals surface area contributed by atoms with Crippen LogP contribution in [0.4, 0.5) is 10.6 Å². The summed E-state index contributed by atoms with van der Waals surface area (Å²) < 4.78 is 10.4. The van der Waals surface area contributed by atoms with Crippen molar-refractivity contribution in [2.75, 3.05) is 11.9 Å². The molecule has 2 N–H and O–H groups in total. The lowest BCUT2D eigenvalue weighted by atomic mass is 10.1. The standard InChI is InChI=1S/C16H20N4O4/c1-16(2,3)24-15(22)20-7-6-10-11(9-20)18-19-13(10)17-14(21)12-5-4-8-23-12/h4-5,8H,6-7,9H2,1-3H3,(H2,17,18,19,21). The highest BCUT2D eigenvalue weighted by molar-refractivity contribution is 6.02. The maximum Gasteiger partial charge on any atom is 0.410 e. The van der Waals surface area contributed by atoms with E-state index in [1.54, 1.807) is 17.0 Å². The van der Waals surface area contributed by atoms with E-state index >= 15 is 0 Å². The number of nitrogens with one attached hydrogen (secondary N) is 2. The average Bonchev–Trinajstić information content (AvgIpc) is 3.15. The summed E-state index contributed by atoms with van der Waals surface area (Å²) in [5, 5.41) is 9.74. The molecule has 2 aromatic rings. The van der Waals surface area contributed by atoms with Gasteiger partial charge in [0.25, 0.3) is 5.91 Å². The van der Waals surface area contributed by atoms with E-state index in [0.717, 1.165) is 11.3 Å². The van der Waals surface area contributed by atoms with E-state index in [9.17, 15) is 9.59 Å². The highest BCUT2D eigenvalue weighted by Gasteiger charge is 2.29. The second-order valence-electron chi connectivity index (χ2n) is 6.61. The third kappa shape index (κ3) is 3.42. The Morgan fingerprint density at radius 2 is 2.21 bits per heavy atom. The van der Waals surface area contributed by atoms with Gasteiger partial charge in [0, 0.05) is 12.1 Å². The highest BCUT2D eigenvalue weighted by Crippen LogP contribution is 2.25. The molecule has 0 bridgehead atoms. The van der Waals surface area contributed by atoms with Gasteiger partial charge < -0.3 is 19.4 Å². The van der Waals surface area contributed by atoms with Gasteiger partial charge in [-0.25, -0.2) is 4.79 Å². The molecule has 0 unspecified atom stereocenters. The van der Waals surface area contributed by atoms with E-state index in [-0.39, 0.29) is 17.8 Å². The summed E-state index contributed by atoms with van der Waals surface area (Å²) >= 11 is 0. The van der Waals surface area contributed by atoms with Crippen LogP contribution in [0.25, 0.3) is 0 Å². The first kappa shape index (κ1) is 16.1. The summed E-state index contributed by atoms with van der Waals surface area (Å²) in [7, 11) is 0. The van der Waals surface area contributed by atoms with Gasteiger partial charge in [0.2, 0.25) is 0 Å². The van der Waals surface area contributed by atoms with E-state index < -0.39 is 5.60 Å². The first-order chi connectivity index (χ1) is 11.3. The van der Waals surface area contributed by atoms with E-state index in [0.29, 0.717) is 25.3 Å². The Kier molecular flexibility index (Phi) is 4.04. The van der Waals surface area contributed by atoms with Crippen LogP contribution in [-0.4, -0.2) is 39.2 Å². The number of H-pyrrole nitrogens is 1. The van der Waals surface area contributed by atoms with Crippen LogP contribution in [0.15, 0.2) is 22.8 Å². The quantitative estimate of drug-likeness (QED) is 0.880. The highest BCUT2D eigenvalue weighted by atomic mass is 16.6. The number of hydrogen-bond acceptors (Lipinski definition) is 5. The minimum atomic E-state index is -0.534. The third-order valence-electron chi connectivity index (χ3n) is 3.56. The van der Waals surface area contributed by atoms with Crippen LogP contribution < -0.4 is 5.32 Å². The molecule has 1 aliphatic heterocycles. The molecule has 3 heterocycles. The lowest BCUT2D eigenvalue weighted by molar-refractivity contribution is 0.0221. The second kappa shape index (κ2) is 6.03. The number of rotatable bonds is 2. The maximum absolute atomic E-state index is 12.2. The van der Waals surface area contributed by atoms with Crippen molar-refractivity contribution in [3.05, 3.63) is 35.4 Å². The van der Waals surface area contributed by atoms with Crippen LogP contribution in [0, 0.1) is 0 Å². The zero-order chi connectivity index (χ0) is 17.3. The van der Waals surface area contributed by atoms with E-state index in [1.807, 2.05) is 20.8 Å². The molecule has 2 aromatic heterocycles. The third-order valence-corrected chi connectivity index (χ3v) is 3.56. The molecule has 8 heteroatoms. The summed E-state index contributed by atoms with van der Waals surface area (Å²) in [6.45, 7) is 6.37. The molecule has 0 aliphatic carbocycles. The first-order valence-corrected chi connectivity index (χ1v) is 7.72. The average molecular weight is 332 g/mol. The normalized spacial score (nSPS) is 14.2. The van der Waals surface area contributed by atoms with Gasteiger partial charge in [-0.2, -0.15) is 5.10 Å². The molecular weight excluding hydrogens is 312 g/mol. The predicted octanol–water partition coefficient (Wildman–Crippen LogP) is 2.55. The van der Waals surface area contributed by atoms with Gasteiger partial charge in [-0.3, -0.25) is 9.89 Å². The van der Waals surface area contributed by atoms with Gasteiger partial charge in [0.05, 0.1) is 18.5 Å². The van der Waals surface area contributed by atoms with Crippen molar-refractivity contribution in [3.63, 3.8) is 0 Å². The maximum atomic E-state index is 12.2. The number of carbonyl (C=O) groups is 2. The number of hydrogen-bond donors (Lipinski definition) is 2. The molecule has 8 nitrogen and oxygen atoms in total. The monoisotopic (exact) mass is 332 g/mol. The van der Waals surface area contributed by atoms with Gasteiger partial charge in [-0.1, -0.05) is 0 Å². The Hall–Kier alpha value is -2.77. The summed E-state index contributed by atoms with van der Waals surface area (Å²) in [5.41, 5.74) is 1.16. The number of aromatic nitrogens is 2. The molecule has 0 saturated heterocycles. The van der Waals surface area contributed by atoms with Gasteiger partial charge in [-0.15, -0.1) is 0 Å². The minimum Gasteiger partial charge on any atom is -0.459 e. The fourth-order valence-corrected chi connectivity index (χ4v) is 2.48. The predicted molar refractivity (Wildman–Crippen MR) is 85.6 cm³/mol. The minimum absolute atomic E-state index is 0.220. The van der Waals surface area contributed by atoms with Crippen molar-refractivity contribution in [3.8, 4) is 0 Å². The molecule has 2 amide bonds. The van der Waals surface area contributed by atoms with E-state index in [4.69, 9.17) is 9.15 Å². The second-order valence-corrected chi connectivity index (χ2v) is 6.61. The van der Waals surface area contributed by atoms with Crippen molar-refractivity contribution in [1.82, 2.24) is 15.1 Å². The largest absolute Gasteiger partial charge is 0.459 e. The zero-order valence-electron chi connectivity index (χ0n) is 13.9. The van der Waals surface area contributed by atoms with Crippen LogP contribution in [0.3, 0.4) is 0 Å². The summed E-state index contributed by atoms with van der Waals surface area (Å²) in [6.07, 6.45) is 1.66. The van der Waals surface area contributed by atoms with Gasteiger partial charge in [0.15, 0.2) is 11.6 Å². The van der Waals surface area contributed by atoms with Crippen LogP contribution in [0.1, 0.15) is 42.6 Å². The molecule has 0 radical (unpaired) electrons. The number of anilines is 1. The molecule has 128 valence electrons. The Morgan fingerprint density at radius 1 is 1.42 bits per heavy atom. The lowest BCUT2D eigenvalue weighted by Crippen LogP contribution is -2.39. The summed E-state index contributed by atoms with van der Waals surface area (Å²) in [4.78, 5) is 25.8. The number of furan rings is 1. The number of ether oxygens (including phenoxy) is 1. The number of nitrogens with zero attached hydrogens (tertiary/aromatic N) is 2. The number of carbonyl (C=O) groups excluding carboxylic acids is 2. The fourth-order valence-electron chi connectivity index (χ4n) is 2.48. The Bertz CT molecular complexity index is 743. The fraction of sp³-hybridized carbons (Fsp3) is 0.438. The van der Waals surface area contributed by atoms with Gasteiger partial charge >= 0.3 is 6.09 Å². The molecule has 0 aromatic carbocycles. The van der Waals surface area contributed by atoms with Crippen LogP contribution in [0.5, 0.6) is 0 Å². The number of amides is 2. The smallest absolute Gasteiger partial charge is 0.410 e. The molecule has 24 heavy (non-hydrogen) atoms. The van der Waals surface area contributed by atoms with Crippen molar-refractivity contribution >= 4 is 17.8 Å². The molecule has 1 aliphatic rings. The Balaban J connectivity index is 1.68. The molecular formula is C16H20N4O4. The summed E-state index contributed by atoms with van der Waals surface area (Å²) in [6, 6.07) is 3.23. The Labute approximate surface area is 139 Å². The van der Waals surface area contributed by atoms with Crippen LogP contribution in [-0.2, 0) is 17.7 Å². The van der Waals surface area contributed by atoms with Crippen LogP contribution >= 0.6 is 0 Å². The number of aromatic amines is 1. The number of fused-ring (bicyclic) bond motifs is 1. The van der Waals surface area contributed by atoms with Crippen molar-refractivity contribution in [2.24, 2.45) is 0 Å². The molecule has 0 saturated carbocycles. The first-order valence-electron chi connectivity index (χ1n) is 7.72. The topological polar surface area (TPSA) is 100 Å². The van der Waals surface area contributed by atoms with Crippen molar-refractivity contribution < 1.29 is 18.7 Å². The van der Waals surface area contributed by atoms with Crippen molar-refractivity contribution in [1.29, 1.82) is 0 Å². The van der Waals surface area contributed by atoms with Gasteiger partial charge in [0.1, 0.15) is 5.60 Å². The van der Waals surface area contributed by atoms with Crippen LogP contribution in [0.2, 0.25) is 0 Å². The molecule has 3 rings (SSSR count). The van der Waals surface area contributed by atoms with E-state index in [2.05, 4.69) is 15.5 Å². The SMILES string of the molecule is CC(C)(C)OC(=O)N1CCc2c(NC(=O)c3ccco3)n[nH]c2C1. The molecule has 0 fully saturated rings. The summed E-state index contributed by atoms with van der Waals surface area (Å²) in [5.74, 6) is 0.331. The van der Waals surface area contributed by atoms with E-state index in [1.165, 1.54) is 6.26 Å². The van der Waals surface area contributed by atoms with Gasteiger partial charge in [-0.05, 0) is 39.3 Å². The zero-order valence-corrected chi connectivity index (χ0v) is 13.9. The van der Waals surface area contributed by atoms with Crippen molar-refractivity contribution in [2.45, 2.75) is 39.3 Å². The Morgan fingerprint density at radius 3 is 2.88 bits per heavy atom.